The smallest absolute Gasteiger partial charge is 0.255 e. The fourth-order valence-electron chi connectivity index (χ4n) is 1.94. The maximum Gasteiger partial charge on any atom is 0.255 e. The molecule has 1 unspecified atom stereocenters. The number of aromatic amines is 1. The Kier molecular flexibility index (Phi) is 3.45. The summed E-state index contributed by atoms with van der Waals surface area (Å²) in [5, 5.41) is 9.78. The highest BCUT2D eigenvalue weighted by molar-refractivity contribution is 5.96. The number of carbonyl (C=O) groups is 1. The molecule has 96 valence electrons. The minimum absolute atomic E-state index is 0.0281. The van der Waals surface area contributed by atoms with Crippen LogP contribution in [0.3, 0.4) is 0 Å². The molecule has 2 N–H and O–H groups in total. The maximum absolute atomic E-state index is 12.1. The first-order valence-corrected chi connectivity index (χ1v) is 5.86. The summed E-state index contributed by atoms with van der Waals surface area (Å²) in [6.07, 6.45) is 5.33. The lowest BCUT2D eigenvalue weighted by atomic mass is 10.1. The Morgan fingerprint density at radius 2 is 2.33 bits per heavy atom. The Labute approximate surface area is 105 Å². The van der Waals surface area contributed by atoms with E-state index in [2.05, 4.69) is 20.5 Å². The van der Waals surface area contributed by atoms with Gasteiger partial charge in [0.15, 0.2) is 0 Å². The molecule has 18 heavy (non-hydrogen) atoms. The monoisotopic (exact) mass is 247 g/mol. The van der Waals surface area contributed by atoms with E-state index in [1.54, 1.807) is 12.5 Å². The van der Waals surface area contributed by atoms with Crippen molar-refractivity contribution in [1.82, 2.24) is 25.1 Å². The van der Waals surface area contributed by atoms with Gasteiger partial charge in [-0.25, -0.2) is 4.98 Å². The van der Waals surface area contributed by atoms with E-state index in [0.717, 1.165) is 11.4 Å². The van der Waals surface area contributed by atoms with Crippen LogP contribution in [0.15, 0.2) is 18.7 Å². The molecule has 0 spiro atoms. The number of hydrogen-bond donors (Lipinski definition) is 2. The fraction of sp³-hybridized carbons (Fsp3) is 0.417. The van der Waals surface area contributed by atoms with Crippen LogP contribution in [-0.2, 0) is 6.54 Å². The van der Waals surface area contributed by atoms with Gasteiger partial charge in [-0.15, -0.1) is 0 Å². The molecule has 0 bridgehead atoms. The van der Waals surface area contributed by atoms with Crippen LogP contribution < -0.4 is 5.32 Å². The van der Waals surface area contributed by atoms with E-state index >= 15 is 0 Å². The summed E-state index contributed by atoms with van der Waals surface area (Å²) in [5.74, 6) is -0.0913. The first-order valence-electron chi connectivity index (χ1n) is 5.86. The Morgan fingerprint density at radius 3 is 2.89 bits per heavy atom. The quantitative estimate of drug-likeness (QED) is 0.847. The molecule has 2 heterocycles. The van der Waals surface area contributed by atoms with Crippen LogP contribution >= 0.6 is 0 Å². The fourth-order valence-corrected chi connectivity index (χ4v) is 1.94. The highest BCUT2D eigenvalue weighted by Gasteiger charge is 2.17. The van der Waals surface area contributed by atoms with Gasteiger partial charge in [0.1, 0.15) is 0 Å². The zero-order chi connectivity index (χ0) is 13.1. The summed E-state index contributed by atoms with van der Waals surface area (Å²) in [6.45, 7) is 6.32. The van der Waals surface area contributed by atoms with Crippen molar-refractivity contribution < 1.29 is 4.79 Å². The molecule has 0 aliphatic rings. The van der Waals surface area contributed by atoms with Crippen LogP contribution in [-0.4, -0.2) is 31.7 Å². The minimum Gasteiger partial charge on any atom is -0.348 e. The normalized spacial score (nSPS) is 12.4. The zero-order valence-corrected chi connectivity index (χ0v) is 10.8. The van der Waals surface area contributed by atoms with E-state index in [-0.39, 0.29) is 11.9 Å². The van der Waals surface area contributed by atoms with E-state index in [9.17, 15) is 4.79 Å². The van der Waals surface area contributed by atoms with Gasteiger partial charge in [-0.3, -0.25) is 9.89 Å². The van der Waals surface area contributed by atoms with Gasteiger partial charge < -0.3 is 9.88 Å². The first kappa shape index (κ1) is 12.3. The van der Waals surface area contributed by atoms with Gasteiger partial charge in [-0.1, -0.05) is 0 Å². The van der Waals surface area contributed by atoms with Crippen molar-refractivity contribution in [2.45, 2.75) is 33.4 Å². The predicted molar refractivity (Wildman–Crippen MR) is 67.2 cm³/mol. The van der Waals surface area contributed by atoms with Gasteiger partial charge >= 0.3 is 0 Å². The third-order valence-corrected chi connectivity index (χ3v) is 2.78. The van der Waals surface area contributed by atoms with Crippen molar-refractivity contribution in [2.75, 3.05) is 0 Å². The van der Waals surface area contributed by atoms with Gasteiger partial charge in [0.2, 0.25) is 0 Å². The molecule has 6 heteroatoms. The Hall–Kier alpha value is -2.11. The number of rotatable bonds is 4. The predicted octanol–water partition coefficient (Wildman–Crippen LogP) is 1.04. The second kappa shape index (κ2) is 5.03. The van der Waals surface area contributed by atoms with E-state index < -0.39 is 0 Å². The molecule has 1 atom stereocenters. The first-order chi connectivity index (χ1) is 8.58. The molecule has 2 rings (SSSR count). The van der Waals surface area contributed by atoms with E-state index in [1.165, 1.54) is 0 Å². The lowest BCUT2D eigenvalue weighted by Crippen LogP contribution is -2.35. The average Bonchev–Trinajstić information content (AvgIpc) is 2.89. The largest absolute Gasteiger partial charge is 0.348 e. The van der Waals surface area contributed by atoms with E-state index in [1.807, 2.05) is 31.5 Å². The summed E-state index contributed by atoms with van der Waals surface area (Å²) < 4.78 is 1.93. The van der Waals surface area contributed by atoms with Crippen molar-refractivity contribution in [3.8, 4) is 0 Å². The molecule has 0 aromatic carbocycles. The molecule has 0 aliphatic heterocycles. The lowest BCUT2D eigenvalue weighted by Gasteiger charge is -2.14. The maximum atomic E-state index is 12.1. The van der Waals surface area contributed by atoms with Crippen molar-refractivity contribution in [3.63, 3.8) is 0 Å². The highest BCUT2D eigenvalue weighted by atomic mass is 16.1. The Bertz CT molecular complexity index is 509. The van der Waals surface area contributed by atoms with Crippen LogP contribution in [0.1, 0.15) is 28.7 Å². The summed E-state index contributed by atoms with van der Waals surface area (Å²) in [5.41, 5.74) is 2.15. The van der Waals surface area contributed by atoms with Crippen molar-refractivity contribution >= 4 is 5.91 Å². The van der Waals surface area contributed by atoms with Crippen LogP contribution in [0.4, 0.5) is 0 Å². The number of aryl methyl sites for hydroxylation is 2. The number of amides is 1. The van der Waals surface area contributed by atoms with Crippen LogP contribution in [0, 0.1) is 13.8 Å². The number of nitrogens with one attached hydrogen (secondary N) is 2. The molecular weight excluding hydrogens is 230 g/mol. The average molecular weight is 247 g/mol. The van der Waals surface area contributed by atoms with Gasteiger partial charge in [0.25, 0.3) is 5.91 Å². The third-order valence-electron chi connectivity index (χ3n) is 2.78. The SMILES string of the molecule is Cc1n[nH]c(C)c1C(=O)NC(C)Cn1ccnc1. The molecule has 2 aromatic heterocycles. The second-order valence-electron chi connectivity index (χ2n) is 4.44. The molecule has 1 amide bonds. The van der Waals surface area contributed by atoms with Crippen LogP contribution in [0.25, 0.3) is 0 Å². The summed E-state index contributed by atoms with van der Waals surface area (Å²) in [6, 6.07) is 0.0281. The molecule has 0 aliphatic carbocycles. The van der Waals surface area contributed by atoms with Crippen molar-refractivity contribution in [2.24, 2.45) is 0 Å². The standard InChI is InChI=1S/C12H17N5O/c1-8(6-17-5-4-13-7-17)14-12(18)11-9(2)15-16-10(11)3/h4-5,7-8H,6H2,1-3H3,(H,14,18)(H,15,16). The van der Waals surface area contributed by atoms with Crippen molar-refractivity contribution in [3.05, 3.63) is 35.7 Å². The molecule has 6 nitrogen and oxygen atoms in total. The van der Waals surface area contributed by atoms with Gasteiger partial charge in [0.05, 0.1) is 17.6 Å². The topological polar surface area (TPSA) is 75.6 Å². The van der Waals surface area contributed by atoms with Gasteiger partial charge in [-0.05, 0) is 20.8 Å². The number of H-pyrrole nitrogens is 1. The summed E-state index contributed by atoms with van der Waals surface area (Å²) in [4.78, 5) is 16.1. The molecule has 2 aromatic rings. The number of hydrogen-bond acceptors (Lipinski definition) is 3. The lowest BCUT2D eigenvalue weighted by molar-refractivity contribution is 0.0935. The Morgan fingerprint density at radius 1 is 1.56 bits per heavy atom. The molecular formula is C12H17N5O. The van der Waals surface area contributed by atoms with Crippen LogP contribution in [0.2, 0.25) is 0 Å². The molecule has 0 saturated heterocycles. The van der Waals surface area contributed by atoms with E-state index in [4.69, 9.17) is 0 Å². The second-order valence-corrected chi connectivity index (χ2v) is 4.44. The number of imidazole rings is 1. The molecule has 0 radical (unpaired) electrons. The summed E-state index contributed by atoms with van der Waals surface area (Å²) >= 11 is 0. The number of carbonyl (C=O) groups excluding carboxylic acids is 1. The van der Waals surface area contributed by atoms with Gasteiger partial charge in [-0.2, -0.15) is 5.10 Å². The summed E-state index contributed by atoms with van der Waals surface area (Å²) in [7, 11) is 0. The highest BCUT2D eigenvalue weighted by Crippen LogP contribution is 2.09. The molecule has 0 saturated carbocycles. The van der Waals surface area contributed by atoms with Gasteiger partial charge in [0, 0.05) is 30.7 Å². The number of aromatic nitrogens is 4. The van der Waals surface area contributed by atoms with Crippen molar-refractivity contribution in [1.29, 1.82) is 0 Å². The zero-order valence-electron chi connectivity index (χ0n) is 10.8. The minimum atomic E-state index is -0.0913. The molecule has 0 fully saturated rings. The van der Waals surface area contributed by atoms with Crippen LogP contribution in [0.5, 0.6) is 0 Å². The Balaban J connectivity index is 1.99. The third kappa shape index (κ3) is 2.58. The van der Waals surface area contributed by atoms with E-state index in [0.29, 0.717) is 12.1 Å². The number of nitrogens with zero attached hydrogens (tertiary/aromatic N) is 3.